The van der Waals surface area contributed by atoms with Crippen molar-refractivity contribution in [2.75, 3.05) is 13.2 Å². The van der Waals surface area contributed by atoms with Gasteiger partial charge in [0.05, 0.1) is 13.2 Å². The zero-order valence-electron chi connectivity index (χ0n) is 8.53. The summed E-state index contributed by atoms with van der Waals surface area (Å²) in [7, 11) is 0. The molecule has 1 amide bonds. The van der Waals surface area contributed by atoms with E-state index >= 15 is 0 Å². The first-order chi connectivity index (χ1) is 6.64. The maximum atomic E-state index is 11.5. The number of aliphatic hydroxyl groups is 1. The molecule has 4 heteroatoms. The highest BCUT2D eigenvalue weighted by molar-refractivity contribution is 5.71. The number of amides is 1. The number of aliphatic hydroxyl groups excluding tert-OH is 1. The third-order valence-electron chi connectivity index (χ3n) is 3.17. The number of carbonyl (C=O) groups excluding carboxylic acids is 1. The van der Waals surface area contributed by atoms with E-state index in [1.807, 2.05) is 0 Å². The Bertz CT molecular complexity index is 238. The Hall–Kier alpha value is -0.770. The van der Waals surface area contributed by atoms with Gasteiger partial charge in [0.15, 0.2) is 5.60 Å². The highest BCUT2D eigenvalue weighted by Crippen LogP contribution is 2.30. The molecule has 1 atom stereocenters. The molecule has 14 heavy (non-hydrogen) atoms. The first-order valence-corrected chi connectivity index (χ1v) is 5.25. The predicted octanol–water partition coefficient (Wildman–Crippen LogP) is 1.13. The van der Waals surface area contributed by atoms with E-state index in [4.69, 9.17) is 9.84 Å². The fourth-order valence-corrected chi connectivity index (χ4v) is 2.30. The Balaban J connectivity index is 2.03. The van der Waals surface area contributed by atoms with E-state index in [0.717, 1.165) is 12.8 Å². The Kier molecular flexibility index (Phi) is 2.39. The average Bonchev–Trinajstić information content (AvgIpc) is 2.74. The minimum absolute atomic E-state index is 0.0953. The summed E-state index contributed by atoms with van der Waals surface area (Å²) in [6, 6.07) is 0.343. The molecule has 80 valence electrons. The summed E-state index contributed by atoms with van der Waals surface area (Å²) in [5, 5.41) is 9.10. The van der Waals surface area contributed by atoms with Crippen molar-refractivity contribution in [3.63, 3.8) is 0 Å². The van der Waals surface area contributed by atoms with Crippen LogP contribution in [0.2, 0.25) is 0 Å². The molecule has 2 aliphatic rings. The summed E-state index contributed by atoms with van der Waals surface area (Å²) < 4.78 is 5.16. The molecule has 0 aromatic rings. The van der Waals surface area contributed by atoms with Crippen LogP contribution in [0.4, 0.5) is 4.79 Å². The first kappa shape index (κ1) is 9.77. The molecule has 2 fully saturated rings. The van der Waals surface area contributed by atoms with Gasteiger partial charge in [0.2, 0.25) is 0 Å². The Morgan fingerprint density at radius 1 is 1.57 bits per heavy atom. The van der Waals surface area contributed by atoms with E-state index in [0.29, 0.717) is 12.6 Å². The van der Waals surface area contributed by atoms with Crippen molar-refractivity contribution >= 4 is 6.09 Å². The van der Waals surface area contributed by atoms with Crippen molar-refractivity contribution in [3.8, 4) is 0 Å². The van der Waals surface area contributed by atoms with Crippen molar-refractivity contribution in [1.82, 2.24) is 4.90 Å². The smallest absolute Gasteiger partial charge is 0.410 e. The SMILES string of the molecule is CC1(CO)CN(C2CCCC2)C(=O)O1. The van der Waals surface area contributed by atoms with Crippen LogP contribution in [0.5, 0.6) is 0 Å². The van der Waals surface area contributed by atoms with Gasteiger partial charge in [-0.2, -0.15) is 0 Å². The fraction of sp³-hybridized carbons (Fsp3) is 0.900. The summed E-state index contributed by atoms with van der Waals surface area (Å²) in [6.07, 6.45) is 4.30. The van der Waals surface area contributed by atoms with E-state index in [9.17, 15) is 4.79 Å². The van der Waals surface area contributed by atoms with Gasteiger partial charge < -0.3 is 14.7 Å². The molecule has 0 bridgehead atoms. The second kappa shape index (κ2) is 3.42. The minimum Gasteiger partial charge on any atom is -0.439 e. The Morgan fingerprint density at radius 2 is 2.21 bits per heavy atom. The summed E-state index contributed by atoms with van der Waals surface area (Å²) in [4.78, 5) is 13.3. The largest absolute Gasteiger partial charge is 0.439 e. The third kappa shape index (κ3) is 1.59. The van der Waals surface area contributed by atoms with Crippen molar-refractivity contribution in [2.24, 2.45) is 0 Å². The van der Waals surface area contributed by atoms with Gasteiger partial charge in [-0.25, -0.2) is 4.79 Å². The molecule has 4 nitrogen and oxygen atoms in total. The molecule has 1 aliphatic carbocycles. The summed E-state index contributed by atoms with van der Waals surface area (Å²) in [6.45, 7) is 2.22. The summed E-state index contributed by atoms with van der Waals surface area (Å²) >= 11 is 0. The fourth-order valence-electron chi connectivity index (χ4n) is 2.30. The number of hydrogen-bond acceptors (Lipinski definition) is 3. The van der Waals surface area contributed by atoms with Gasteiger partial charge in [-0.15, -0.1) is 0 Å². The summed E-state index contributed by atoms with van der Waals surface area (Å²) in [5.74, 6) is 0. The van der Waals surface area contributed by atoms with Gasteiger partial charge in [-0.3, -0.25) is 0 Å². The van der Waals surface area contributed by atoms with Crippen LogP contribution in [0.3, 0.4) is 0 Å². The number of rotatable bonds is 2. The van der Waals surface area contributed by atoms with Crippen molar-refractivity contribution in [2.45, 2.75) is 44.2 Å². The van der Waals surface area contributed by atoms with Gasteiger partial charge in [0.1, 0.15) is 0 Å². The maximum absolute atomic E-state index is 11.5. The van der Waals surface area contributed by atoms with Crippen LogP contribution in [0.1, 0.15) is 32.6 Å². The van der Waals surface area contributed by atoms with Gasteiger partial charge in [-0.1, -0.05) is 12.8 Å². The molecule has 0 aromatic carbocycles. The molecule has 1 aliphatic heterocycles. The van der Waals surface area contributed by atoms with E-state index in [2.05, 4.69) is 0 Å². The first-order valence-electron chi connectivity index (χ1n) is 5.25. The molecule has 1 saturated carbocycles. The molecule has 2 rings (SSSR count). The van der Waals surface area contributed by atoms with Gasteiger partial charge in [0.25, 0.3) is 0 Å². The highest BCUT2D eigenvalue weighted by Gasteiger charge is 2.44. The highest BCUT2D eigenvalue weighted by atomic mass is 16.6. The van der Waals surface area contributed by atoms with Crippen molar-refractivity contribution in [1.29, 1.82) is 0 Å². The standard InChI is InChI=1S/C10H17NO3/c1-10(7-12)6-11(9(13)14-10)8-4-2-3-5-8/h8,12H,2-7H2,1H3. The molecule has 1 unspecified atom stereocenters. The van der Waals surface area contributed by atoms with E-state index in [-0.39, 0.29) is 12.7 Å². The van der Waals surface area contributed by atoms with Crippen molar-refractivity contribution < 1.29 is 14.6 Å². The number of hydrogen-bond donors (Lipinski definition) is 1. The maximum Gasteiger partial charge on any atom is 0.410 e. The van der Waals surface area contributed by atoms with Crippen LogP contribution >= 0.6 is 0 Å². The molecule has 1 N–H and O–H groups in total. The minimum atomic E-state index is -0.681. The number of cyclic esters (lactones) is 1. The lowest BCUT2D eigenvalue weighted by atomic mass is 10.1. The van der Waals surface area contributed by atoms with Crippen LogP contribution < -0.4 is 0 Å². The zero-order chi connectivity index (χ0) is 10.2. The van der Waals surface area contributed by atoms with Crippen LogP contribution in [0.15, 0.2) is 0 Å². The lowest BCUT2D eigenvalue weighted by Crippen LogP contribution is -2.38. The average molecular weight is 199 g/mol. The van der Waals surface area contributed by atoms with Gasteiger partial charge in [0, 0.05) is 6.04 Å². The van der Waals surface area contributed by atoms with E-state index in [1.54, 1.807) is 11.8 Å². The number of ether oxygens (including phenoxy) is 1. The summed E-state index contributed by atoms with van der Waals surface area (Å²) in [5.41, 5.74) is -0.681. The molecule has 0 aromatic heterocycles. The van der Waals surface area contributed by atoms with Gasteiger partial charge >= 0.3 is 6.09 Å². The normalized spacial score (nSPS) is 33.9. The molecular formula is C10H17NO3. The molecule has 1 saturated heterocycles. The lowest BCUT2D eigenvalue weighted by Gasteiger charge is -2.22. The molecular weight excluding hydrogens is 182 g/mol. The Morgan fingerprint density at radius 3 is 2.71 bits per heavy atom. The Labute approximate surface area is 83.8 Å². The monoisotopic (exact) mass is 199 g/mol. The number of carbonyl (C=O) groups is 1. The molecule has 0 radical (unpaired) electrons. The lowest BCUT2D eigenvalue weighted by molar-refractivity contribution is 0.0218. The molecule has 1 heterocycles. The van der Waals surface area contributed by atoms with Gasteiger partial charge in [-0.05, 0) is 19.8 Å². The topological polar surface area (TPSA) is 49.8 Å². The quantitative estimate of drug-likeness (QED) is 0.725. The van der Waals surface area contributed by atoms with E-state index in [1.165, 1.54) is 12.8 Å². The van der Waals surface area contributed by atoms with Crippen LogP contribution in [-0.4, -0.2) is 40.9 Å². The second-order valence-corrected chi connectivity index (χ2v) is 4.54. The van der Waals surface area contributed by atoms with Crippen LogP contribution in [0, 0.1) is 0 Å². The predicted molar refractivity (Wildman–Crippen MR) is 50.9 cm³/mol. The number of nitrogens with zero attached hydrogens (tertiary/aromatic N) is 1. The van der Waals surface area contributed by atoms with Crippen molar-refractivity contribution in [3.05, 3.63) is 0 Å². The van der Waals surface area contributed by atoms with E-state index < -0.39 is 5.60 Å². The van der Waals surface area contributed by atoms with Crippen LogP contribution in [-0.2, 0) is 4.74 Å². The zero-order valence-corrected chi connectivity index (χ0v) is 8.53. The molecule has 0 spiro atoms. The second-order valence-electron chi connectivity index (χ2n) is 4.54. The van der Waals surface area contributed by atoms with Crippen LogP contribution in [0.25, 0.3) is 0 Å². The third-order valence-corrected chi connectivity index (χ3v) is 3.17.